The van der Waals surface area contributed by atoms with Crippen LogP contribution in [0.15, 0.2) is 29.3 Å². The smallest absolute Gasteiger partial charge is 0.251 e. The number of amides is 1. The molecule has 0 aromatic heterocycles. The van der Waals surface area contributed by atoms with Gasteiger partial charge in [-0.15, -0.1) is 0 Å². The number of aliphatic imine (C=N–C) groups is 1. The SMILES string of the molecule is CCNC(=NCc1cccc(C(=O)NC)c1)NCC(CC)CC. The Hall–Kier alpha value is -2.04. The molecular weight excluding hydrogens is 288 g/mol. The fraction of sp³-hybridized carbons (Fsp3) is 0.556. The maximum Gasteiger partial charge on any atom is 0.251 e. The van der Waals surface area contributed by atoms with E-state index in [-0.39, 0.29) is 5.91 Å². The Labute approximate surface area is 140 Å². The molecule has 3 N–H and O–H groups in total. The van der Waals surface area contributed by atoms with Crippen LogP contribution < -0.4 is 16.0 Å². The average molecular weight is 318 g/mol. The maximum atomic E-state index is 11.7. The van der Waals surface area contributed by atoms with Crippen molar-refractivity contribution in [2.24, 2.45) is 10.9 Å². The van der Waals surface area contributed by atoms with Gasteiger partial charge in [0.05, 0.1) is 6.54 Å². The summed E-state index contributed by atoms with van der Waals surface area (Å²) in [6.45, 7) is 8.78. The third kappa shape index (κ3) is 6.72. The standard InChI is InChI=1S/C18H30N4O/c1-5-14(6-2)12-21-18(20-7-3)22-13-15-9-8-10-16(11-15)17(23)19-4/h8-11,14H,5-7,12-13H2,1-4H3,(H,19,23)(H2,20,21,22). The highest BCUT2D eigenvalue weighted by molar-refractivity contribution is 5.94. The molecule has 0 aliphatic rings. The Kier molecular flexibility index (Phi) is 8.80. The van der Waals surface area contributed by atoms with Crippen LogP contribution in [0.3, 0.4) is 0 Å². The molecule has 0 saturated carbocycles. The minimum absolute atomic E-state index is 0.0744. The summed E-state index contributed by atoms with van der Waals surface area (Å²) in [5.74, 6) is 1.41. The molecule has 0 saturated heterocycles. The zero-order chi connectivity index (χ0) is 17.1. The fourth-order valence-electron chi connectivity index (χ4n) is 2.29. The summed E-state index contributed by atoms with van der Waals surface area (Å²) in [6.07, 6.45) is 2.33. The Bertz CT molecular complexity index is 509. The second-order valence-electron chi connectivity index (χ2n) is 5.54. The molecule has 128 valence electrons. The highest BCUT2D eigenvalue weighted by atomic mass is 16.1. The van der Waals surface area contributed by atoms with Gasteiger partial charge in [-0.3, -0.25) is 4.79 Å². The molecular formula is C18H30N4O. The third-order valence-electron chi connectivity index (χ3n) is 3.89. The molecule has 0 aliphatic carbocycles. The van der Waals surface area contributed by atoms with E-state index in [1.165, 1.54) is 0 Å². The van der Waals surface area contributed by atoms with Crippen LogP contribution in [-0.2, 0) is 6.54 Å². The molecule has 0 bridgehead atoms. The van der Waals surface area contributed by atoms with Gasteiger partial charge in [0.2, 0.25) is 0 Å². The number of carbonyl (C=O) groups is 1. The second kappa shape index (κ2) is 10.6. The summed E-state index contributed by atoms with van der Waals surface area (Å²) >= 11 is 0. The molecule has 1 rings (SSSR count). The Morgan fingerprint density at radius 2 is 1.91 bits per heavy atom. The van der Waals surface area contributed by atoms with Crippen LogP contribution in [0, 0.1) is 5.92 Å². The van der Waals surface area contributed by atoms with Crippen molar-refractivity contribution in [3.8, 4) is 0 Å². The summed E-state index contributed by atoms with van der Waals surface area (Å²) in [5.41, 5.74) is 1.68. The second-order valence-corrected chi connectivity index (χ2v) is 5.54. The van der Waals surface area contributed by atoms with Crippen LogP contribution in [0.4, 0.5) is 0 Å². The minimum atomic E-state index is -0.0744. The molecule has 23 heavy (non-hydrogen) atoms. The van der Waals surface area contributed by atoms with Gasteiger partial charge < -0.3 is 16.0 Å². The lowest BCUT2D eigenvalue weighted by atomic mass is 10.0. The van der Waals surface area contributed by atoms with E-state index in [1.807, 2.05) is 24.3 Å². The van der Waals surface area contributed by atoms with Crippen LogP contribution >= 0.6 is 0 Å². The van der Waals surface area contributed by atoms with Crippen molar-refractivity contribution in [2.75, 3.05) is 20.1 Å². The van der Waals surface area contributed by atoms with Gasteiger partial charge in [-0.25, -0.2) is 4.99 Å². The number of guanidine groups is 1. The van der Waals surface area contributed by atoms with Crippen LogP contribution in [-0.4, -0.2) is 32.0 Å². The number of hydrogen-bond acceptors (Lipinski definition) is 2. The largest absolute Gasteiger partial charge is 0.357 e. The number of carbonyl (C=O) groups excluding carboxylic acids is 1. The van der Waals surface area contributed by atoms with Gasteiger partial charge in [-0.1, -0.05) is 38.8 Å². The molecule has 0 radical (unpaired) electrons. The first kappa shape index (κ1) is 19.0. The van der Waals surface area contributed by atoms with Crippen molar-refractivity contribution < 1.29 is 4.79 Å². The van der Waals surface area contributed by atoms with Gasteiger partial charge in [0, 0.05) is 25.7 Å². The monoisotopic (exact) mass is 318 g/mol. The highest BCUT2D eigenvalue weighted by Crippen LogP contribution is 2.07. The van der Waals surface area contributed by atoms with Crippen molar-refractivity contribution in [3.63, 3.8) is 0 Å². The Morgan fingerprint density at radius 3 is 2.52 bits per heavy atom. The van der Waals surface area contributed by atoms with E-state index in [2.05, 4.69) is 41.7 Å². The number of hydrogen-bond donors (Lipinski definition) is 3. The van der Waals surface area contributed by atoms with Gasteiger partial charge in [0.1, 0.15) is 0 Å². The van der Waals surface area contributed by atoms with Crippen molar-refractivity contribution in [1.82, 2.24) is 16.0 Å². The number of nitrogens with zero attached hydrogens (tertiary/aromatic N) is 1. The summed E-state index contributed by atoms with van der Waals surface area (Å²) < 4.78 is 0. The molecule has 5 nitrogen and oxygen atoms in total. The normalized spacial score (nSPS) is 11.4. The van der Waals surface area contributed by atoms with Crippen LogP contribution in [0.25, 0.3) is 0 Å². The van der Waals surface area contributed by atoms with E-state index < -0.39 is 0 Å². The quantitative estimate of drug-likeness (QED) is 0.510. The van der Waals surface area contributed by atoms with Crippen molar-refractivity contribution in [3.05, 3.63) is 35.4 Å². The molecule has 0 unspecified atom stereocenters. The summed E-state index contributed by atoms with van der Waals surface area (Å²) in [7, 11) is 1.64. The van der Waals surface area contributed by atoms with Crippen molar-refractivity contribution in [2.45, 2.75) is 40.2 Å². The average Bonchev–Trinajstić information content (AvgIpc) is 2.59. The first-order valence-corrected chi connectivity index (χ1v) is 8.47. The van der Waals surface area contributed by atoms with Gasteiger partial charge in [0.15, 0.2) is 5.96 Å². The van der Waals surface area contributed by atoms with Gasteiger partial charge in [0.25, 0.3) is 5.91 Å². The maximum absolute atomic E-state index is 11.7. The lowest BCUT2D eigenvalue weighted by Crippen LogP contribution is -2.39. The van der Waals surface area contributed by atoms with E-state index >= 15 is 0 Å². The van der Waals surface area contributed by atoms with Crippen LogP contribution in [0.5, 0.6) is 0 Å². The zero-order valence-electron chi connectivity index (χ0n) is 14.8. The van der Waals surface area contributed by atoms with Crippen molar-refractivity contribution >= 4 is 11.9 Å². The van der Waals surface area contributed by atoms with E-state index in [9.17, 15) is 4.79 Å². The molecule has 0 atom stereocenters. The number of nitrogens with one attached hydrogen (secondary N) is 3. The van der Waals surface area contributed by atoms with Gasteiger partial charge >= 0.3 is 0 Å². The van der Waals surface area contributed by atoms with E-state index in [0.717, 1.165) is 37.5 Å². The molecule has 0 fully saturated rings. The fourth-order valence-corrected chi connectivity index (χ4v) is 2.29. The third-order valence-corrected chi connectivity index (χ3v) is 3.89. The van der Waals surface area contributed by atoms with E-state index in [0.29, 0.717) is 18.0 Å². The molecule has 0 spiro atoms. The predicted molar refractivity (Wildman–Crippen MR) is 96.7 cm³/mol. The predicted octanol–water partition coefficient (Wildman–Crippen LogP) is 2.54. The van der Waals surface area contributed by atoms with E-state index in [4.69, 9.17) is 0 Å². The van der Waals surface area contributed by atoms with Crippen molar-refractivity contribution in [1.29, 1.82) is 0 Å². The number of benzene rings is 1. The summed E-state index contributed by atoms with van der Waals surface area (Å²) in [6, 6.07) is 7.57. The Morgan fingerprint density at radius 1 is 1.17 bits per heavy atom. The van der Waals surface area contributed by atoms with E-state index in [1.54, 1.807) is 7.05 Å². The molecule has 1 amide bonds. The van der Waals surface area contributed by atoms with Gasteiger partial charge in [-0.05, 0) is 30.5 Å². The molecule has 0 heterocycles. The first-order chi connectivity index (χ1) is 11.1. The lowest BCUT2D eigenvalue weighted by molar-refractivity contribution is 0.0963. The molecule has 1 aromatic rings. The minimum Gasteiger partial charge on any atom is -0.357 e. The van der Waals surface area contributed by atoms with Crippen LogP contribution in [0.2, 0.25) is 0 Å². The summed E-state index contributed by atoms with van der Waals surface area (Å²) in [4.78, 5) is 16.3. The van der Waals surface area contributed by atoms with Crippen LogP contribution in [0.1, 0.15) is 49.5 Å². The number of rotatable bonds is 8. The topological polar surface area (TPSA) is 65.5 Å². The van der Waals surface area contributed by atoms with Gasteiger partial charge in [-0.2, -0.15) is 0 Å². The molecule has 0 aliphatic heterocycles. The Balaban J connectivity index is 2.71. The highest BCUT2D eigenvalue weighted by Gasteiger charge is 2.06. The lowest BCUT2D eigenvalue weighted by Gasteiger charge is -2.16. The molecule has 5 heteroatoms. The molecule has 1 aromatic carbocycles. The summed E-state index contributed by atoms with van der Waals surface area (Å²) in [5, 5.41) is 9.31. The zero-order valence-corrected chi connectivity index (χ0v) is 14.8. The first-order valence-electron chi connectivity index (χ1n) is 8.47.